The Morgan fingerprint density at radius 2 is 1.52 bits per heavy atom. The summed E-state index contributed by atoms with van der Waals surface area (Å²) in [7, 11) is 0. The molecule has 0 saturated carbocycles. The van der Waals surface area contributed by atoms with Crippen LogP contribution in [0.2, 0.25) is 0 Å². The highest BCUT2D eigenvalue weighted by Gasteiger charge is 2.61. The summed E-state index contributed by atoms with van der Waals surface area (Å²) in [6.45, 7) is 15.8. The van der Waals surface area contributed by atoms with Crippen molar-refractivity contribution in [1.82, 2.24) is 0 Å². The highest BCUT2D eigenvalue weighted by Crippen LogP contribution is 2.47. The average Bonchev–Trinajstić information content (AvgIpc) is 3.18. The van der Waals surface area contributed by atoms with Crippen molar-refractivity contribution in [2.24, 2.45) is 53.3 Å². The Morgan fingerprint density at radius 3 is 2.12 bits per heavy atom. The summed E-state index contributed by atoms with van der Waals surface area (Å²) in [4.78, 5) is 54.6. The van der Waals surface area contributed by atoms with Gasteiger partial charge in [0, 0.05) is 54.6 Å². The van der Waals surface area contributed by atoms with Crippen LogP contribution in [0.5, 0.6) is 0 Å². The van der Waals surface area contributed by atoms with E-state index in [4.69, 9.17) is 14.2 Å². The molecule has 0 amide bonds. The molecular weight excluding hydrogens is 748 g/mol. The molecule has 3 heterocycles. The Balaban J connectivity index is 2.04. The van der Waals surface area contributed by atoms with E-state index in [2.05, 4.69) is 0 Å². The molecule has 0 unspecified atom stereocenters. The van der Waals surface area contributed by atoms with Crippen molar-refractivity contribution in [3.05, 3.63) is 36.5 Å². The monoisotopic (exact) mass is 820 g/mol. The maximum Gasteiger partial charge on any atom is 0.330 e. The van der Waals surface area contributed by atoms with Crippen molar-refractivity contribution < 1.29 is 64.0 Å². The molecule has 2 saturated heterocycles. The number of hydrogen-bond acceptors (Lipinski definition) is 13. The number of rotatable bonds is 4. The van der Waals surface area contributed by atoms with E-state index in [1.165, 1.54) is 32.9 Å². The summed E-state index contributed by atoms with van der Waals surface area (Å²) in [6.07, 6.45) is 5.39. The van der Waals surface area contributed by atoms with Crippen molar-refractivity contribution in [3.8, 4) is 0 Å². The Kier molecular flexibility index (Phi) is 18.2. The van der Waals surface area contributed by atoms with Crippen LogP contribution in [-0.4, -0.2) is 115 Å². The van der Waals surface area contributed by atoms with Crippen molar-refractivity contribution in [3.63, 3.8) is 0 Å². The molecule has 1 spiro atoms. The minimum absolute atomic E-state index is 0.0827. The third kappa shape index (κ3) is 11.4. The second-order valence-electron chi connectivity index (χ2n) is 17.9. The Labute approximate surface area is 344 Å². The minimum atomic E-state index is -2.37. The van der Waals surface area contributed by atoms with Crippen molar-refractivity contribution in [2.45, 2.75) is 162 Å². The van der Waals surface area contributed by atoms with Crippen LogP contribution in [0.3, 0.4) is 0 Å². The van der Waals surface area contributed by atoms with Gasteiger partial charge in [0.25, 0.3) is 0 Å². The fourth-order valence-electron chi connectivity index (χ4n) is 8.95. The first-order chi connectivity index (χ1) is 27.0. The van der Waals surface area contributed by atoms with Gasteiger partial charge in [-0.05, 0) is 57.8 Å². The van der Waals surface area contributed by atoms with Gasteiger partial charge < -0.3 is 44.8 Å². The molecule has 6 N–H and O–H groups in total. The molecule has 0 aromatic rings. The standard InChI is InChI=1S/C45H72O13/c1-11-32-15-13-12-14-16-33(23-46)43(54)44(10,55)42(53)30(8)40(52)29(7)39(51)28(6)38(50)24(2)17-20-37(49)56-41-27(5)34(19-18-32)57-45(31(41)9)36(48)21-25(3)35(58-45)22-26(4)47/h12-15,17,20,24-35,38,40-41,43,46-47,50,52,54-55H,11,16,18-19,21-23H2,1-10H3/t24-,25-,26+,27+,28-,29-,30-,31-,32-,33-,34-,35-,38+,40+,41+,43-,44-,45+/m0/s1. The number of hydrogen-bond donors (Lipinski definition) is 6. The maximum atomic E-state index is 14.0. The number of ketones is 3. The summed E-state index contributed by atoms with van der Waals surface area (Å²) >= 11 is 0. The molecule has 0 aromatic heterocycles. The Hall–Kier alpha value is -2.62. The first kappa shape index (κ1) is 49.7. The van der Waals surface area contributed by atoms with Crippen LogP contribution in [0.4, 0.5) is 0 Å². The average molecular weight is 821 g/mol. The van der Waals surface area contributed by atoms with Gasteiger partial charge in [-0.25, -0.2) is 4.79 Å². The molecule has 0 aliphatic carbocycles. The number of Topliss-reactive ketones (excluding diaryl/α,β-unsaturated/α-hetero) is 3. The van der Waals surface area contributed by atoms with Crippen molar-refractivity contribution in [2.75, 3.05) is 6.61 Å². The van der Waals surface area contributed by atoms with Crippen LogP contribution in [0.1, 0.15) is 108 Å². The predicted molar refractivity (Wildman–Crippen MR) is 217 cm³/mol. The molecule has 0 aromatic carbocycles. The lowest BCUT2D eigenvalue weighted by Crippen LogP contribution is -2.66. The van der Waals surface area contributed by atoms with Crippen LogP contribution >= 0.6 is 0 Å². The number of carbonyl (C=O) groups excluding carboxylic acids is 4. The fraction of sp³-hybridized carbons (Fsp3) is 0.778. The van der Waals surface area contributed by atoms with Gasteiger partial charge in [-0.1, -0.05) is 85.8 Å². The third-order valence-electron chi connectivity index (χ3n) is 13.3. The van der Waals surface area contributed by atoms with Gasteiger partial charge in [-0.3, -0.25) is 14.4 Å². The van der Waals surface area contributed by atoms with E-state index >= 15 is 0 Å². The molecule has 3 aliphatic rings. The number of fused-ring (bicyclic) bond motifs is 2. The second-order valence-corrected chi connectivity index (χ2v) is 17.9. The SMILES string of the molecule is CC[C@H]1C=CC=CC[C@@H](CO)[C@H](O)[C@@](C)(O)C(=O)[C@@H](C)[C@H](O)[C@@H](C)C(=O)[C@@H](C)[C@H](O)[C@@H](C)C=CC(=O)O[C@@H]2[C@H](C)[C@H](CC1)O[C@@]1(O[C@@H](C[C@@H](C)O)[C@@H](C)CC1=O)[C@H]2C. The number of esters is 1. The van der Waals surface area contributed by atoms with Gasteiger partial charge in [-0.15, -0.1) is 0 Å². The lowest BCUT2D eigenvalue weighted by molar-refractivity contribution is -0.344. The van der Waals surface area contributed by atoms with Crippen LogP contribution in [0.15, 0.2) is 36.5 Å². The molecule has 13 nitrogen and oxygen atoms in total. The van der Waals surface area contributed by atoms with Gasteiger partial charge in [0.05, 0.1) is 42.5 Å². The van der Waals surface area contributed by atoms with Crippen molar-refractivity contribution in [1.29, 1.82) is 0 Å². The highest BCUT2D eigenvalue weighted by molar-refractivity contribution is 5.91. The largest absolute Gasteiger partial charge is 0.458 e. The molecule has 2 bridgehead atoms. The van der Waals surface area contributed by atoms with Gasteiger partial charge in [0.15, 0.2) is 11.6 Å². The number of ether oxygens (including phenoxy) is 3. The molecule has 3 aliphatic heterocycles. The van der Waals surface area contributed by atoms with Gasteiger partial charge in [0.2, 0.25) is 5.79 Å². The van der Waals surface area contributed by atoms with Gasteiger partial charge >= 0.3 is 5.97 Å². The number of allylic oxidation sites excluding steroid dienone is 4. The molecule has 0 radical (unpaired) electrons. The maximum absolute atomic E-state index is 14.0. The van der Waals surface area contributed by atoms with E-state index in [0.29, 0.717) is 19.3 Å². The molecular formula is C45H72O13. The topological polar surface area (TPSA) is 217 Å². The second kappa shape index (κ2) is 21.3. The first-order valence-electron chi connectivity index (χ1n) is 21.3. The van der Waals surface area contributed by atoms with Crippen LogP contribution in [0.25, 0.3) is 0 Å². The van der Waals surface area contributed by atoms with E-state index < -0.39 is 114 Å². The van der Waals surface area contributed by atoms with Crippen molar-refractivity contribution >= 4 is 23.3 Å². The molecule has 58 heavy (non-hydrogen) atoms. The predicted octanol–water partition coefficient (Wildman–Crippen LogP) is 4.03. The van der Waals surface area contributed by atoms with Gasteiger partial charge in [-0.2, -0.15) is 0 Å². The van der Waals surface area contributed by atoms with Crippen LogP contribution < -0.4 is 0 Å². The summed E-state index contributed by atoms with van der Waals surface area (Å²) < 4.78 is 19.4. The smallest absolute Gasteiger partial charge is 0.330 e. The van der Waals surface area contributed by atoms with E-state index in [-0.39, 0.29) is 36.4 Å². The minimum Gasteiger partial charge on any atom is -0.458 e. The molecule has 2 fully saturated rings. The van der Waals surface area contributed by atoms with E-state index in [0.717, 1.165) is 13.3 Å². The van der Waals surface area contributed by atoms with Crippen LogP contribution in [-0.2, 0) is 33.4 Å². The Bertz CT molecular complexity index is 1490. The summed E-state index contributed by atoms with van der Waals surface area (Å²) in [5.41, 5.74) is -2.37. The zero-order chi connectivity index (χ0) is 43.9. The molecule has 18 atom stereocenters. The summed E-state index contributed by atoms with van der Waals surface area (Å²) in [5, 5.41) is 65.2. The molecule has 330 valence electrons. The lowest BCUT2D eigenvalue weighted by atomic mass is 9.74. The zero-order valence-electron chi connectivity index (χ0n) is 36.2. The van der Waals surface area contributed by atoms with Gasteiger partial charge in [0.1, 0.15) is 17.5 Å². The Morgan fingerprint density at radius 1 is 0.879 bits per heavy atom. The first-order valence-corrected chi connectivity index (χ1v) is 21.3. The van der Waals surface area contributed by atoms with E-state index in [1.807, 2.05) is 32.9 Å². The lowest BCUT2D eigenvalue weighted by Gasteiger charge is -2.54. The number of aliphatic hydroxyl groups is 6. The highest BCUT2D eigenvalue weighted by atomic mass is 16.7. The number of aliphatic hydroxyl groups excluding tert-OH is 5. The normalized spacial score (nSPS) is 44.0. The molecule has 13 heteroatoms. The molecule has 3 rings (SSSR count). The number of carbonyl (C=O) groups is 4. The quantitative estimate of drug-likeness (QED) is 0.221. The van der Waals surface area contributed by atoms with E-state index in [1.54, 1.807) is 32.9 Å². The summed E-state index contributed by atoms with van der Waals surface area (Å²) in [6, 6.07) is 0. The summed E-state index contributed by atoms with van der Waals surface area (Å²) in [5.74, 6) is -10.4. The van der Waals surface area contributed by atoms with E-state index in [9.17, 15) is 49.8 Å². The third-order valence-corrected chi connectivity index (χ3v) is 13.3. The fourth-order valence-corrected chi connectivity index (χ4v) is 8.95. The zero-order valence-corrected chi connectivity index (χ0v) is 36.2. The van der Waals surface area contributed by atoms with Crippen LogP contribution in [0, 0.1) is 53.3 Å².